The van der Waals surface area contributed by atoms with E-state index >= 15 is 0 Å². The predicted octanol–water partition coefficient (Wildman–Crippen LogP) is 6.70. The number of fused-ring (bicyclic) bond motifs is 1. The van der Waals surface area contributed by atoms with Gasteiger partial charge < -0.3 is 18.5 Å². The van der Waals surface area contributed by atoms with Crippen molar-refractivity contribution in [2.75, 3.05) is 7.11 Å². The van der Waals surface area contributed by atoms with Crippen molar-refractivity contribution in [1.82, 2.24) is 0 Å². The van der Waals surface area contributed by atoms with Gasteiger partial charge in [-0.25, -0.2) is 0 Å². The van der Waals surface area contributed by atoms with Crippen molar-refractivity contribution in [2.45, 2.75) is 97.1 Å². The van der Waals surface area contributed by atoms with E-state index in [1.807, 2.05) is 12.1 Å². The number of rotatable bonds is 7. The molecule has 3 rings (SSSR count). The zero-order valence-corrected chi connectivity index (χ0v) is 22.8. The SMILES string of the molecule is COc1cccc2c(B3OC(C)(C)C(C)(C)O3)ccc(O[Si](C(C)C)(C(C)C)C(C)C)c12. The highest BCUT2D eigenvalue weighted by atomic mass is 28.4. The van der Waals surface area contributed by atoms with Crippen LogP contribution < -0.4 is 14.6 Å². The van der Waals surface area contributed by atoms with E-state index in [2.05, 4.69) is 87.4 Å². The average Bonchev–Trinajstić information content (AvgIpc) is 2.91. The van der Waals surface area contributed by atoms with Crippen LogP contribution >= 0.6 is 0 Å². The minimum absolute atomic E-state index is 0.396. The third-order valence-corrected chi connectivity index (χ3v) is 13.7. The van der Waals surface area contributed by atoms with Gasteiger partial charge in [0.25, 0.3) is 8.32 Å². The maximum Gasteiger partial charge on any atom is 0.495 e. The van der Waals surface area contributed by atoms with Crippen LogP contribution in [0.25, 0.3) is 10.8 Å². The molecule has 0 saturated carbocycles. The topological polar surface area (TPSA) is 36.9 Å². The Morgan fingerprint density at radius 1 is 0.781 bits per heavy atom. The Morgan fingerprint density at radius 2 is 1.31 bits per heavy atom. The maximum absolute atomic E-state index is 7.12. The Kier molecular flexibility index (Phi) is 6.83. The van der Waals surface area contributed by atoms with Gasteiger partial charge in [-0.2, -0.15) is 0 Å². The largest absolute Gasteiger partial charge is 0.542 e. The van der Waals surface area contributed by atoms with Crippen LogP contribution in [0.4, 0.5) is 0 Å². The first-order valence-corrected chi connectivity index (χ1v) is 14.1. The number of hydrogen-bond acceptors (Lipinski definition) is 4. The number of methoxy groups -OCH3 is 1. The minimum atomic E-state index is -2.13. The van der Waals surface area contributed by atoms with Crippen molar-refractivity contribution in [3.63, 3.8) is 0 Å². The van der Waals surface area contributed by atoms with E-state index in [1.54, 1.807) is 7.11 Å². The molecule has 1 aliphatic heterocycles. The van der Waals surface area contributed by atoms with Crippen LogP contribution in [0.15, 0.2) is 30.3 Å². The molecule has 0 radical (unpaired) electrons. The Morgan fingerprint density at radius 3 is 1.78 bits per heavy atom. The molecule has 0 spiro atoms. The lowest BCUT2D eigenvalue weighted by Crippen LogP contribution is -2.50. The lowest BCUT2D eigenvalue weighted by molar-refractivity contribution is 0.00578. The van der Waals surface area contributed by atoms with Crippen LogP contribution in [0.5, 0.6) is 11.5 Å². The third-order valence-electron chi connectivity index (χ3n) is 7.72. The molecule has 1 aliphatic rings. The molecule has 0 atom stereocenters. The summed E-state index contributed by atoms with van der Waals surface area (Å²) in [6.45, 7) is 22.2. The Balaban J connectivity index is 2.20. The number of hydrogen-bond donors (Lipinski definition) is 0. The summed E-state index contributed by atoms with van der Waals surface area (Å²) in [5.74, 6) is 1.72. The van der Waals surface area contributed by atoms with Crippen LogP contribution in [0.2, 0.25) is 16.6 Å². The molecule has 0 N–H and O–H groups in total. The van der Waals surface area contributed by atoms with Gasteiger partial charge in [-0.15, -0.1) is 0 Å². The first kappa shape index (κ1) is 25.1. The predicted molar refractivity (Wildman–Crippen MR) is 138 cm³/mol. The van der Waals surface area contributed by atoms with Gasteiger partial charge in [0.15, 0.2) is 0 Å². The Bertz CT molecular complexity index is 930. The average molecular weight is 457 g/mol. The van der Waals surface area contributed by atoms with E-state index in [-0.39, 0.29) is 0 Å². The Hall–Kier alpha value is -1.50. The fourth-order valence-corrected chi connectivity index (χ4v) is 10.6. The molecular formula is C26H41BO4Si. The molecule has 0 bridgehead atoms. The summed E-state index contributed by atoms with van der Waals surface area (Å²) < 4.78 is 25.7. The van der Waals surface area contributed by atoms with Gasteiger partial charge in [0.1, 0.15) is 11.5 Å². The first-order valence-electron chi connectivity index (χ1n) is 11.9. The summed E-state index contributed by atoms with van der Waals surface area (Å²) in [6, 6.07) is 10.4. The second-order valence-corrected chi connectivity index (χ2v) is 16.4. The Labute approximate surface area is 196 Å². The highest BCUT2D eigenvalue weighted by molar-refractivity contribution is 6.78. The standard InChI is InChI=1S/C26H41BO4Si/c1-17(2)32(18(3)4,19(5)6)29-23-16-15-21(20-13-12-14-22(28-11)24(20)23)27-30-25(7,8)26(9,10)31-27/h12-19H,1-11H3. The van der Waals surface area contributed by atoms with Crippen molar-refractivity contribution in [2.24, 2.45) is 0 Å². The minimum Gasteiger partial charge on any atom is -0.542 e. The molecule has 2 aromatic carbocycles. The van der Waals surface area contributed by atoms with Gasteiger partial charge in [0.05, 0.1) is 23.7 Å². The second kappa shape index (κ2) is 8.69. The monoisotopic (exact) mass is 456 g/mol. The zero-order chi connectivity index (χ0) is 24.1. The molecule has 1 saturated heterocycles. The normalized spacial score (nSPS) is 18.2. The third kappa shape index (κ3) is 3.99. The highest BCUT2D eigenvalue weighted by Gasteiger charge is 2.52. The molecule has 32 heavy (non-hydrogen) atoms. The maximum atomic E-state index is 7.12. The molecule has 0 unspecified atom stereocenters. The summed E-state index contributed by atoms with van der Waals surface area (Å²) >= 11 is 0. The van der Waals surface area contributed by atoms with Gasteiger partial charge in [-0.3, -0.25) is 0 Å². The first-order chi connectivity index (χ1) is 14.8. The number of benzene rings is 2. The van der Waals surface area contributed by atoms with E-state index < -0.39 is 26.6 Å². The number of ether oxygens (including phenoxy) is 1. The van der Waals surface area contributed by atoms with Gasteiger partial charge in [-0.05, 0) is 67.3 Å². The van der Waals surface area contributed by atoms with E-state index in [0.717, 1.165) is 27.7 Å². The second-order valence-electron chi connectivity index (χ2n) is 11.0. The molecule has 2 aromatic rings. The molecule has 0 aliphatic carbocycles. The fourth-order valence-electron chi connectivity index (χ4n) is 5.34. The highest BCUT2D eigenvalue weighted by Crippen LogP contribution is 2.45. The van der Waals surface area contributed by atoms with Crippen LogP contribution in [0, 0.1) is 0 Å². The smallest absolute Gasteiger partial charge is 0.495 e. The summed E-state index contributed by atoms with van der Waals surface area (Å²) in [4.78, 5) is 0. The van der Waals surface area contributed by atoms with Crippen molar-refractivity contribution in [1.29, 1.82) is 0 Å². The van der Waals surface area contributed by atoms with Crippen molar-refractivity contribution in [3.05, 3.63) is 30.3 Å². The summed E-state index contributed by atoms with van der Waals surface area (Å²) in [5.41, 5.74) is 1.66. The quantitative estimate of drug-likeness (QED) is 0.435. The zero-order valence-electron chi connectivity index (χ0n) is 21.8. The van der Waals surface area contributed by atoms with Crippen LogP contribution in [0.1, 0.15) is 69.2 Å². The molecule has 4 nitrogen and oxygen atoms in total. The van der Waals surface area contributed by atoms with Gasteiger partial charge in [-0.1, -0.05) is 59.7 Å². The molecule has 176 valence electrons. The van der Waals surface area contributed by atoms with Gasteiger partial charge in [0.2, 0.25) is 0 Å². The van der Waals surface area contributed by atoms with E-state index in [0.29, 0.717) is 16.6 Å². The van der Waals surface area contributed by atoms with Crippen LogP contribution in [-0.4, -0.2) is 33.7 Å². The molecular weight excluding hydrogens is 415 g/mol. The molecule has 1 heterocycles. The fraction of sp³-hybridized carbons (Fsp3) is 0.615. The van der Waals surface area contributed by atoms with Gasteiger partial charge in [0, 0.05) is 0 Å². The lowest BCUT2D eigenvalue weighted by Gasteiger charge is -2.42. The van der Waals surface area contributed by atoms with Crippen molar-refractivity contribution < 1.29 is 18.5 Å². The summed E-state index contributed by atoms with van der Waals surface area (Å²) in [6.07, 6.45) is 0. The molecule has 0 aromatic heterocycles. The molecule has 1 fully saturated rings. The van der Waals surface area contributed by atoms with Crippen LogP contribution in [0.3, 0.4) is 0 Å². The van der Waals surface area contributed by atoms with Crippen LogP contribution in [-0.2, 0) is 9.31 Å². The van der Waals surface area contributed by atoms with E-state index in [1.165, 1.54) is 0 Å². The summed E-state index contributed by atoms with van der Waals surface area (Å²) in [5, 5.41) is 2.06. The molecule has 6 heteroatoms. The van der Waals surface area contributed by atoms with E-state index in [9.17, 15) is 0 Å². The lowest BCUT2D eigenvalue weighted by atomic mass is 9.76. The molecule has 0 amide bonds. The van der Waals surface area contributed by atoms with E-state index in [4.69, 9.17) is 18.5 Å². The van der Waals surface area contributed by atoms with Gasteiger partial charge >= 0.3 is 7.12 Å². The van der Waals surface area contributed by atoms with Crippen molar-refractivity contribution >= 4 is 31.7 Å². The van der Waals surface area contributed by atoms with Crippen molar-refractivity contribution in [3.8, 4) is 11.5 Å². The summed E-state index contributed by atoms with van der Waals surface area (Å²) in [7, 11) is -0.853.